The van der Waals surface area contributed by atoms with Crippen LogP contribution in [0.2, 0.25) is 5.02 Å². The molecule has 110 valence electrons. The maximum Gasteiger partial charge on any atom is 0.219 e. The van der Waals surface area contributed by atoms with Crippen LogP contribution in [0.4, 0.5) is 4.39 Å². The summed E-state index contributed by atoms with van der Waals surface area (Å²) in [7, 11) is 0. The van der Waals surface area contributed by atoms with E-state index in [-0.39, 0.29) is 5.82 Å². The van der Waals surface area contributed by atoms with Gasteiger partial charge in [-0.25, -0.2) is 9.37 Å². The molecule has 1 aromatic carbocycles. The molecule has 0 atom stereocenters. The Balaban J connectivity index is 1.74. The molecule has 0 radical (unpaired) electrons. The lowest BCUT2D eigenvalue weighted by atomic mass is 10.2. The van der Waals surface area contributed by atoms with Crippen molar-refractivity contribution in [3.05, 3.63) is 51.3 Å². The molecule has 1 aromatic heterocycles. The third-order valence-electron chi connectivity index (χ3n) is 3.18. The lowest BCUT2D eigenvalue weighted by Gasteiger charge is -2.09. The molecule has 0 bridgehead atoms. The lowest BCUT2D eigenvalue weighted by molar-refractivity contribution is 0.456. The Bertz CT molecular complexity index is 664. The highest BCUT2D eigenvalue weighted by Crippen LogP contribution is 2.27. The van der Waals surface area contributed by atoms with E-state index in [0.29, 0.717) is 33.7 Å². The van der Waals surface area contributed by atoms with Crippen molar-refractivity contribution in [2.75, 3.05) is 0 Å². The van der Waals surface area contributed by atoms with Crippen LogP contribution in [-0.4, -0.2) is 11.0 Å². The first-order valence-corrected chi connectivity index (χ1v) is 7.79. The van der Waals surface area contributed by atoms with Crippen LogP contribution in [0.5, 0.6) is 11.6 Å². The Morgan fingerprint density at radius 1 is 1.38 bits per heavy atom. The second-order valence-corrected chi connectivity index (χ2v) is 6.21. The normalized spacial score (nSPS) is 14.2. The van der Waals surface area contributed by atoms with Crippen molar-refractivity contribution >= 4 is 27.5 Å². The molecule has 0 spiro atoms. The summed E-state index contributed by atoms with van der Waals surface area (Å²) in [6.07, 6.45) is 3.98. The van der Waals surface area contributed by atoms with Gasteiger partial charge in [0.1, 0.15) is 11.6 Å². The number of hydrogen-bond acceptors (Lipinski definition) is 3. The molecule has 0 aliphatic heterocycles. The highest BCUT2D eigenvalue weighted by atomic mass is 79.9. The number of nitrogens with zero attached hydrogens (tertiary/aromatic N) is 1. The predicted octanol–water partition coefficient (Wildman–Crippen LogP) is 4.68. The molecule has 0 amide bonds. The fourth-order valence-corrected chi connectivity index (χ4v) is 2.27. The number of rotatable bonds is 5. The van der Waals surface area contributed by atoms with Crippen molar-refractivity contribution in [1.29, 1.82) is 0 Å². The third kappa shape index (κ3) is 3.93. The molecular weight excluding hydrogens is 359 g/mol. The highest BCUT2D eigenvalue weighted by Gasteiger charge is 2.20. The first kappa shape index (κ1) is 14.8. The van der Waals surface area contributed by atoms with Crippen molar-refractivity contribution in [3.8, 4) is 11.6 Å². The molecule has 0 saturated heterocycles. The minimum Gasteiger partial charge on any atom is -0.439 e. The van der Waals surface area contributed by atoms with Gasteiger partial charge >= 0.3 is 0 Å². The summed E-state index contributed by atoms with van der Waals surface area (Å²) < 4.78 is 19.4. The molecule has 1 aliphatic carbocycles. The Hall–Kier alpha value is -1.17. The number of pyridine rings is 1. The summed E-state index contributed by atoms with van der Waals surface area (Å²) in [6.45, 7) is 0.678. The van der Waals surface area contributed by atoms with Gasteiger partial charge in [-0.3, -0.25) is 0 Å². The van der Waals surface area contributed by atoms with Gasteiger partial charge in [-0.2, -0.15) is 0 Å². The molecule has 6 heteroatoms. The van der Waals surface area contributed by atoms with Gasteiger partial charge in [0, 0.05) is 30.9 Å². The maximum atomic E-state index is 13.5. The van der Waals surface area contributed by atoms with E-state index in [9.17, 15) is 4.39 Å². The number of halogens is 3. The summed E-state index contributed by atoms with van der Waals surface area (Å²) in [5.41, 5.74) is 0.922. The molecule has 1 saturated carbocycles. The fraction of sp³-hybridized carbons (Fsp3) is 0.267. The van der Waals surface area contributed by atoms with Gasteiger partial charge in [0.2, 0.25) is 5.88 Å². The van der Waals surface area contributed by atoms with Crippen molar-refractivity contribution in [3.63, 3.8) is 0 Å². The van der Waals surface area contributed by atoms with Crippen LogP contribution < -0.4 is 10.1 Å². The minimum absolute atomic E-state index is 0.378. The van der Waals surface area contributed by atoms with E-state index in [2.05, 4.69) is 26.2 Å². The van der Waals surface area contributed by atoms with E-state index in [1.54, 1.807) is 24.4 Å². The predicted molar refractivity (Wildman–Crippen MR) is 83.3 cm³/mol. The first-order chi connectivity index (χ1) is 10.1. The third-order valence-corrected chi connectivity index (χ3v) is 4.17. The van der Waals surface area contributed by atoms with E-state index in [1.165, 1.54) is 18.9 Å². The summed E-state index contributed by atoms with van der Waals surface area (Å²) in [5.74, 6) is 0.414. The Morgan fingerprint density at radius 3 is 2.90 bits per heavy atom. The molecule has 0 unspecified atom stereocenters. The minimum atomic E-state index is -0.378. The second kappa shape index (κ2) is 6.30. The van der Waals surface area contributed by atoms with Gasteiger partial charge in [0.05, 0.1) is 9.50 Å². The first-order valence-electron chi connectivity index (χ1n) is 6.62. The molecule has 3 nitrogen and oxygen atoms in total. The number of nitrogens with one attached hydrogen (secondary N) is 1. The topological polar surface area (TPSA) is 34.1 Å². The zero-order chi connectivity index (χ0) is 14.8. The van der Waals surface area contributed by atoms with Crippen molar-refractivity contribution in [2.45, 2.75) is 25.4 Å². The molecule has 1 heterocycles. The number of benzene rings is 1. The largest absolute Gasteiger partial charge is 0.439 e. The fourth-order valence-electron chi connectivity index (χ4n) is 1.85. The van der Waals surface area contributed by atoms with Crippen molar-refractivity contribution < 1.29 is 9.13 Å². The van der Waals surface area contributed by atoms with Gasteiger partial charge < -0.3 is 10.1 Å². The molecule has 21 heavy (non-hydrogen) atoms. The molecule has 1 fully saturated rings. The van der Waals surface area contributed by atoms with Crippen LogP contribution in [-0.2, 0) is 6.54 Å². The van der Waals surface area contributed by atoms with Crippen molar-refractivity contribution in [2.24, 2.45) is 0 Å². The van der Waals surface area contributed by atoms with Crippen LogP contribution in [0.1, 0.15) is 18.4 Å². The number of aromatic nitrogens is 1. The van der Waals surface area contributed by atoms with Crippen LogP contribution in [0.3, 0.4) is 0 Å². The molecule has 1 aliphatic rings. The van der Waals surface area contributed by atoms with Crippen LogP contribution in [0.15, 0.2) is 34.9 Å². The molecule has 3 rings (SSSR count). The summed E-state index contributed by atoms with van der Waals surface area (Å²) >= 11 is 9.23. The summed E-state index contributed by atoms with van der Waals surface area (Å²) in [4.78, 5) is 4.11. The van der Waals surface area contributed by atoms with Gasteiger partial charge in [-0.15, -0.1) is 0 Å². The van der Waals surface area contributed by atoms with E-state index in [0.717, 1.165) is 5.56 Å². The van der Waals surface area contributed by atoms with E-state index < -0.39 is 0 Å². The van der Waals surface area contributed by atoms with Crippen LogP contribution in [0.25, 0.3) is 0 Å². The number of hydrogen-bond donors (Lipinski definition) is 1. The SMILES string of the molecule is Fc1cc(Oc2cc(CNC3CC3)c(Cl)cn2)ccc1Br. The smallest absolute Gasteiger partial charge is 0.219 e. The average Bonchev–Trinajstić information content (AvgIpc) is 3.28. The van der Waals surface area contributed by atoms with Gasteiger partial charge in [-0.1, -0.05) is 11.6 Å². The van der Waals surface area contributed by atoms with E-state index >= 15 is 0 Å². The zero-order valence-corrected chi connectivity index (χ0v) is 13.4. The highest BCUT2D eigenvalue weighted by molar-refractivity contribution is 9.10. The van der Waals surface area contributed by atoms with Crippen LogP contribution >= 0.6 is 27.5 Å². The molecule has 2 aromatic rings. The van der Waals surface area contributed by atoms with E-state index in [1.807, 2.05) is 0 Å². The maximum absolute atomic E-state index is 13.5. The molecular formula is C15H13BrClFN2O. The average molecular weight is 372 g/mol. The van der Waals surface area contributed by atoms with Crippen LogP contribution in [0, 0.1) is 5.82 Å². The van der Waals surface area contributed by atoms with Crippen molar-refractivity contribution in [1.82, 2.24) is 10.3 Å². The standard InChI is InChI=1S/C15H13BrClFN2O/c16-12-4-3-11(6-14(12)18)21-15-5-9(13(17)8-20-15)7-19-10-1-2-10/h3-6,8,10,19H,1-2,7H2. The van der Waals surface area contributed by atoms with E-state index in [4.69, 9.17) is 16.3 Å². The zero-order valence-electron chi connectivity index (χ0n) is 11.1. The quantitative estimate of drug-likeness (QED) is 0.828. The number of ether oxygens (including phenoxy) is 1. The lowest BCUT2D eigenvalue weighted by Crippen LogP contribution is -2.15. The monoisotopic (exact) mass is 370 g/mol. The summed E-state index contributed by atoms with van der Waals surface area (Å²) in [6, 6.07) is 6.95. The Morgan fingerprint density at radius 2 is 2.19 bits per heavy atom. The Labute approximate surface area is 135 Å². The molecule has 1 N–H and O–H groups in total. The Kier molecular flexibility index (Phi) is 4.42. The van der Waals surface area contributed by atoms with Gasteiger partial charge in [0.25, 0.3) is 0 Å². The van der Waals surface area contributed by atoms with Gasteiger partial charge in [-0.05, 0) is 46.5 Å². The second-order valence-electron chi connectivity index (χ2n) is 4.95. The van der Waals surface area contributed by atoms with Gasteiger partial charge in [0.15, 0.2) is 0 Å². The summed E-state index contributed by atoms with van der Waals surface area (Å²) in [5, 5.41) is 3.98.